The molecule has 0 saturated carbocycles. The summed E-state index contributed by atoms with van der Waals surface area (Å²) in [6, 6.07) is 0. The highest BCUT2D eigenvalue weighted by Crippen LogP contribution is 2.04. The van der Waals surface area contributed by atoms with Gasteiger partial charge in [0.05, 0.1) is 13.2 Å². The molecule has 0 rings (SSSR count). The van der Waals surface area contributed by atoms with Crippen molar-refractivity contribution in [2.24, 2.45) is 0 Å². The normalized spacial score (nSPS) is 9.44. The molecule has 0 aromatic carbocycles. The molecule has 0 unspecified atom stereocenters. The van der Waals surface area contributed by atoms with Crippen molar-refractivity contribution in [3.05, 3.63) is 11.6 Å². The van der Waals surface area contributed by atoms with E-state index >= 15 is 0 Å². The second-order valence-electron chi connectivity index (χ2n) is 3.30. The fraction of sp³-hybridized carbons (Fsp3) is 0.667. The summed E-state index contributed by atoms with van der Waals surface area (Å²) in [6.45, 7) is 6.28. The molecule has 4 heteroatoms. The zero-order valence-corrected chi connectivity index (χ0v) is 10.2. The van der Waals surface area contributed by atoms with Gasteiger partial charge in [0.25, 0.3) is 0 Å². The van der Waals surface area contributed by atoms with Crippen LogP contribution in [0.1, 0.15) is 40.0 Å². The molecular weight excluding hydrogens is 208 g/mol. The van der Waals surface area contributed by atoms with Gasteiger partial charge in [-0.1, -0.05) is 26.8 Å². The Bertz CT molecular complexity index is 234. The van der Waals surface area contributed by atoms with Crippen molar-refractivity contribution in [2.45, 2.75) is 40.0 Å². The lowest BCUT2D eigenvalue weighted by atomic mass is 10.2. The second-order valence-corrected chi connectivity index (χ2v) is 3.30. The summed E-state index contributed by atoms with van der Waals surface area (Å²) in [4.78, 5) is 23.0. The van der Waals surface area contributed by atoms with Crippen LogP contribution in [0.4, 0.5) is 0 Å². The van der Waals surface area contributed by atoms with Crippen LogP contribution in [0.2, 0.25) is 0 Å². The predicted octanol–water partition coefficient (Wildman–Crippen LogP) is 2.23. The molecule has 0 aromatic heterocycles. The molecule has 0 heterocycles. The van der Waals surface area contributed by atoms with Crippen molar-refractivity contribution in [1.29, 1.82) is 0 Å². The van der Waals surface area contributed by atoms with Crippen molar-refractivity contribution in [3.8, 4) is 0 Å². The molecule has 0 aromatic rings. The summed E-state index contributed by atoms with van der Waals surface area (Å²) < 4.78 is 9.80. The molecule has 92 valence electrons. The molecule has 0 bridgehead atoms. The van der Waals surface area contributed by atoms with Crippen LogP contribution in [0.3, 0.4) is 0 Å². The minimum absolute atomic E-state index is 0.00407. The Morgan fingerprint density at radius 2 is 1.38 bits per heavy atom. The predicted molar refractivity (Wildman–Crippen MR) is 60.9 cm³/mol. The van der Waals surface area contributed by atoms with Gasteiger partial charge in [0.2, 0.25) is 0 Å². The van der Waals surface area contributed by atoms with Crippen LogP contribution < -0.4 is 0 Å². The highest BCUT2D eigenvalue weighted by Gasteiger charge is 2.20. The van der Waals surface area contributed by atoms with Crippen LogP contribution in [0, 0.1) is 0 Å². The molecule has 0 saturated heterocycles. The molecular formula is C12H20O4. The Labute approximate surface area is 96.6 Å². The topological polar surface area (TPSA) is 52.6 Å². The molecule has 0 aliphatic heterocycles. The van der Waals surface area contributed by atoms with Crippen LogP contribution in [0.25, 0.3) is 0 Å². The molecule has 0 spiro atoms. The Morgan fingerprint density at radius 1 is 0.938 bits per heavy atom. The minimum Gasteiger partial charge on any atom is -0.462 e. The van der Waals surface area contributed by atoms with Crippen molar-refractivity contribution in [2.75, 3.05) is 13.2 Å². The summed E-state index contributed by atoms with van der Waals surface area (Å²) >= 11 is 0. The van der Waals surface area contributed by atoms with Gasteiger partial charge in [0.15, 0.2) is 0 Å². The SMILES string of the molecule is CCC=C(C(=O)OCCC)C(=O)OCCC. The molecule has 0 radical (unpaired) electrons. The maximum atomic E-state index is 11.5. The minimum atomic E-state index is -0.593. The second kappa shape index (κ2) is 8.95. The van der Waals surface area contributed by atoms with Crippen LogP contribution in [-0.2, 0) is 19.1 Å². The van der Waals surface area contributed by atoms with Gasteiger partial charge < -0.3 is 9.47 Å². The Kier molecular flexibility index (Phi) is 8.21. The third-order valence-electron chi connectivity index (χ3n) is 1.72. The average molecular weight is 228 g/mol. The lowest BCUT2D eigenvalue weighted by molar-refractivity contribution is -0.147. The van der Waals surface area contributed by atoms with Crippen molar-refractivity contribution in [3.63, 3.8) is 0 Å². The quantitative estimate of drug-likeness (QED) is 0.290. The number of rotatable bonds is 7. The maximum Gasteiger partial charge on any atom is 0.345 e. The Morgan fingerprint density at radius 3 is 1.69 bits per heavy atom. The van der Waals surface area contributed by atoms with Gasteiger partial charge in [-0.05, 0) is 19.3 Å². The Balaban J connectivity index is 4.42. The molecule has 16 heavy (non-hydrogen) atoms. The highest BCUT2D eigenvalue weighted by atomic mass is 16.6. The van der Waals surface area contributed by atoms with Crippen LogP contribution in [0.15, 0.2) is 11.6 Å². The third kappa shape index (κ3) is 5.53. The van der Waals surface area contributed by atoms with Gasteiger partial charge in [-0.2, -0.15) is 0 Å². The summed E-state index contributed by atoms with van der Waals surface area (Å²) in [6.07, 6.45) is 3.60. The van der Waals surface area contributed by atoms with Gasteiger partial charge in [0.1, 0.15) is 5.57 Å². The van der Waals surface area contributed by atoms with E-state index in [1.54, 1.807) is 0 Å². The van der Waals surface area contributed by atoms with E-state index in [0.717, 1.165) is 12.8 Å². The van der Waals surface area contributed by atoms with Crippen LogP contribution in [-0.4, -0.2) is 25.2 Å². The largest absolute Gasteiger partial charge is 0.462 e. The molecule has 0 aliphatic rings. The summed E-state index contributed by atoms with van der Waals surface area (Å²) in [7, 11) is 0. The molecule has 0 aliphatic carbocycles. The van der Waals surface area contributed by atoms with Crippen molar-refractivity contribution in [1.82, 2.24) is 0 Å². The summed E-state index contributed by atoms with van der Waals surface area (Å²) in [5.41, 5.74) is 0.00407. The van der Waals surface area contributed by atoms with Crippen molar-refractivity contribution >= 4 is 11.9 Å². The molecule has 4 nitrogen and oxygen atoms in total. The zero-order chi connectivity index (χ0) is 12.4. The van der Waals surface area contributed by atoms with Gasteiger partial charge in [-0.3, -0.25) is 0 Å². The van der Waals surface area contributed by atoms with E-state index in [1.807, 2.05) is 20.8 Å². The zero-order valence-electron chi connectivity index (χ0n) is 10.2. The van der Waals surface area contributed by atoms with E-state index < -0.39 is 11.9 Å². The molecule has 0 fully saturated rings. The number of esters is 2. The van der Waals surface area contributed by atoms with Gasteiger partial charge in [0, 0.05) is 0 Å². The van der Waals surface area contributed by atoms with Crippen LogP contribution >= 0.6 is 0 Å². The highest BCUT2D eigenvalue weighted by molar-refractivity contribution is 6.14. The maximum absolute atomic E-state index is 11.5. The average Bonchev–Trinajstić information content (AvgIpc) is 2.29. The summed E-state index contributed by atoms with van der Waals surface area (Å²) in [5, 5.41) is 0. The Hall–Kier alpha value is -1.32. The van der Waals surface area contributed by atoms with Gasteiger partial charge in [-0.15, -0.1) is 0 Å². The third-order valence-corrected chi connectivity index (χ3v) is 1.72. The number of hydrogen-bond acceptors (Lipinski definition) is 4. The number of allylic oxidation sites excluding steroid dienone is 1. The number of ether oxygens (including phenoxy) is 2. The summed E-state index contributed by atoms with van der Waals surface area (Å²) in [5.74, 6) is -1.19. The fourth-order valence-corrected chi connectivity index (χ4v) is 0.999. The smallest absolute Gasteiger partial charge is 0.345 e. The first-order valence-electron chi connectivity index (χ1n) is 5.71. The van der Waals surface area contributed by atoms with Crippen LogP contribution in [0.5, 0.6) is 0 Å². The molecule has 0 atom stereocenters. The monoisotopic (exact) mass is 228 g/mol. The number of hydrogen-bond donors (Lipinski definition) is 0. The van der Waals surface area contributed by atoms with Crippen molar-refractivity contribution < 1.29 is 19.1 Å². The van der Waals surface area contributed by atoms with E-state index in [-0.39, 0.29) is 5.57 Å². The van der Waals surface area contributed by atoms with Gasteiger partial charge >= 0.3 is 11.9 Å². The standard InChI is InChI=1S/C12H20O4/c1-4-7-10(11(13)15-8-5-2)12(14)16-9-6-3/h7H,4-6,8-9H2,1-3H3. The first-order chi connectivity index (χ1) is 7.67. The first-order valence-corrected chi connectivity index (χ1v) is 5.71. The van der Waals surface area contributed by atoms with E-state index in [2.05, 4.69) is 0 Å². The van der Waals surface area contributed by atoms with E-state index in [1.165, 1.54) is 6.08 Å². The van der Waals surface area contributed by atoms with E-state index in [9.17, 15) is 9.59 Å². The van der Waals surface area contributed by atoms with E-state index in [4.69, 9.17) is 9.47 Å². The number of carbonyl (C=O) groups excluding carboxylic acids is 2. The van der Waals surface area contributed by atoms with E-state index in [0.29, 0.717) is 19.6 Å². The fourth-order valence-electron chi connectivity index (χ4n) is 0.999. The lowest BCUT2D eigenvalue weighted by Gasteiger charge is -2.07. The molecule has 0 N–H and O–H groups in total. The van der Waals surface area contributed by atoms with Gasteiger partial charge in [-0.25, -0.2) is 9.59 Å². The first kappa shape index (κ1) is 14.7. The lowest BCUT2D eigenvalue weighted by Crippen LogP contribution is -2.19. The number of carbonyl (C=O) groups is 2. The molecule has 0 amide bonds.